The maximum absolute atomic E-state index is 13.3. The van der Waals surface area contributed by atoms with Gasteiger partial charge in [0.1, 0.15) is 24.4 Å². The van der Waals surface area contributed by atoms with Crippen LogP contribution in [0.5, 0.6) is 0 Å². The molecule has 4 rings (SSSR count). The fraction of sp³-hybridized carbons (Fsp3) is 0.739. The van der Waals surface area contributed by atoms with E-state index in [2.05, 4.69) is 18.9 Å². The topological polar surface area (TPSA) is 127 Å². The van der Waals surface area contributed by atoms with E-state index in [4.69, 9.17) is 9.47 Å². The fourth-order valence-electron chi connectivity index (χ4n) is 6.25. The highest BCUT2D eigenvalue weighted by Crippen LogP contribution is 2.72. The highest BCUT2D eigenvalue weighted by Gasteiger charge is 2.87. The van der Waals surface area contributed by atoms with Crippen LogP contribution in [0.2, 0.25) is 0 Å². The third-order valence-electron chi connectivity index (χ3n) is 8.42. The molecule has 0 aromatic carbocycles. The normalized spacial score (nSPS) is 36.0. The molecule has 0 N–H and O–H groups in total. The highest BCUT2D eigenvalue weighted by atomic mass is 19.4. The number of hydrogen-bond donors (Lipinski definition) is 0. The zero-order chi connectivity index (χ0) is 34.3. The van der Waals surface area contributed by atoms with Crippen molar-refractivity contribution in [2.75, 3.05) is 13.2 Å². The van der Waals surface area contributed by atoms with Gasteiger partial charge in [0.25, 0.3) is 0 Å². The zero-order valence-corrected chi connectivity index (χ0v) is 22.2. The number of rotatable bonds is 5. The number of fused-ring (bicyclic) bond motifs is 2. The van der Waals surface area contributed by atoms with Crippen molar-refractivity contribution in [3.05, 3.63) is 11.6 Å². The number of ether oxygens (including phenoxy) is 6. The first-order valence-electron chi connectivity index (χ1n) is 12.3. The Kier molecular flexibility index (Phi) is 7.96. The summed E-state index contributed by atoms with van der Waals surface area (Å²) in [7, 11) is 0. The minimum Gasteiger partial charge on any atom is -0.458 e. The molecule has 2 bridgehead atoms. The van der Waals surface area contributed by atoms with Gasteiger partial charge >= 0.3 is 48.6 Å². The van der Waals surface area contributed by atoms with E-state index >= 15 is 0 Å². The Balaban J connectivity index is 1.92. The monoisotopic (exact) mass is 682 g/mol. The molecule has 1 saturated carbocycles. The van der Waals surface area contributed by atoms with E-state index < -0.39 is 115 Å². The number of epoxide rings is 1. The van der Waals surface area contributed by atoms with E-state index in [1.807, 2.05) is 0 Å². The first-order chi connectivity index (χ1) is 20.2. The summed E-state index contributed by atoms with van der Waals surface area (Å²) >= 11 is 0. The van der Waals surface area contributed by atoms with Gasteiger partial charge < -0.3 is 28.4 Å². The SMILES string of the molecule is CC1=CC2OC3C(OC(=O)C(F)(F)F)C(OC(=O)C(F)(F)F)C(C)(C2(COC(=O)C(F)(F)F)CC1OC(=O)C(F)(F)F)C31CO1. The molecule has 0 amide bonds. The first-order valence-corrected chi connectivity index (χ1v) is 12.3. The molecule has 45 heavy (non-hydrogen) atoms. The van der Waals surface area contributed by atoms with Crippen molar-refractivity contribution in [3.8, 4) is 0 Å². The van der Waals surface area contributed by atoms with Gasteiger partial charge in [-0.1, -0.05) is 13.0 Å². The number of carbonyl (C=O) groups is 4. The molecular weight excluding hydrogens is 664 g/mol. The quantitative estimate of drug-likeness (QED) is 0.140. The lowest BCUT2D eigenvalue weighted by Gasteiger charge is -2.58. The van der Waals surface area contributed by atoms with E-state index in [9.17, 15) is 71.9 Å². The molecule has 0 radical (unpaired) electrons. The molecule has 2 aliphatic heterocycles. The molecule has 22 heteroatoms. The Bertz CT molecular complexity index is 1300. The second-order valence-corrected chi connectivity index (χ2v) is 10.8. The standard InChI is InChI=1S/C23H18F12O10/c1-7-3-9-18(5-40-13(36)20(24,25)26,4-8(7)42-14(37)21(27,28)29)17(2)11(45-16(39)23(33,34)35)10(44-15(38)22(30,31)32)12(43-9)19(17)6-41-19/h3,8-12H,4-6H2,1-2H3. The number of halogens is 12. The second kappa shape index (κ2) is 10.4. The van der Waals surface area contributed by atoms with Crippen molar-refractivity contribution in [1.82, 2.24) is 0 Å². The van der Waals surface area contributed by atoms with Crippen LogP contribution in [0, 0.1) is 10.8 Å². The van der Waals surface area contributed by atoms with Crippen molar-refractivity contribution in [2.45, 2.75) is 81.1 Å². The van der Waals surface area contributed by atoms with Gasteiger partial charge in [0, 0.05) is 6.42 Å². The van der Waals surface area contributed by atoms with Crippen LogP contribution >= 0.6 is 0 Å². The van der Waals surface area contributed by atoms with Crippen LogP contribution in [-0.2, 0) is 47.6 Å². The van der Waals surface area contributed by atoms with E-state index in [1.165, 1.54) is 0 Å². The molecule has 0 aromatic heterocycles. The molecule has 3 fully saturated rings. The maximum Gasteiger partial charge on any atom is 0.490 e. The number of hydrogen-bond acceptors (Lipinski definition) is 10. The summed E-state index contributed by atoms with van der Waals surface area (Å²) in [6.45, 7) is -0.495. The van der Waals surface area contributed by atoms with Crippen molar-refractivity contribution in [3.63, 3.8) is 0 Å². The molecule has 10 nitrogen and oxygen atoms in total. The summed E-state index contributed by atoms with van der Waals surface area (Å²) in [5.74, 6) is -11.9. The van der Waals surface area contributed by atoms with Crippen LogP contribution in [0.3, 0.4) is 0 Å². The molecule has 8 unspecified atom stereocenters. The summed E-state index contributed by atoms with van der Waals surface area (Å²) < 4.78 is 187. The highest BCUT2D eigenvalue weighted by molar-refractivity contribution is 5.78. The predicted molar refractivity (Wildman–Crippen MR) is 111 cm³/mol. The van der Waals surface area contributed by atoms with Crippen molar-refractivity contribution in [1.29, 1.82) is 0 Å². The summed E-state index contributed by atoms with van der Waals surface area (Å²) in [5, 5.41) is 0. The molecule has 254 valence electrons. The van der Waals surface area contributed by atoms with Crippen LogP contribution in [0.4, 0.5) is 52.7 Å². The van der Waals surface area contributed by atoms with Gasteiger partial charge in [-0.3, -0.25) is 0 Å². The minimum atomic E-state index is -5.87. The van der Waals surface area contributed by atoms with Crippen molar-refractivity contribution in [2.24, 2.45) is 10.8 Å². The summed E-state index contributed by atoms with van der Waals surface area (Å²) in [5.41, 5.74) is -7.78. The van der Waals surface area contributed by atoms with Crippen LogP contribution in [-0.4, -0.2) is 97.9 Å². The predicted octanol–water partition coefficient (Wildman–Crippen LogP) is 3.41. The van der Waals surface area contributed by atoms with Gasteiger partial charge in [-0.2, -0.15) is 52.7 Å². The van der Waals surface area contributed by atoms with Gasteiger partial charge in [-0.05, 0) is 12.5 Å². The Labute approximate surface area is 241 Å². The molecule has 4 aliphatic rings. The Morgan fingerprint density at radius 1 is 0.800 bits per heavy atom. The Morgan fingerprint density at radius 2 is 1.27 bits per heavy atom. The fourth-order valence-corrected chi connectivity index (χ4v) is 6.25. The van der Waals surface area contributed by atoms with Crippen LogP contribution in [0.1, 0.15) is 20.3 Å². The van der Waals surface area contributed by atoms with Gasteiger partial charge in [-0.15, -0.1) is 0 Å². The smallest absolute Gasteiger partial charge is 0.458 e. The minimum absolute atomic E-state index is 0.293. The first kappa shape index (κ1) is 34.6. The molecule has 0 aromatic rings. The van der Waals surface area contributed by atoms with Gasteiger partial charge in [-0.25, -0.2) is 19.2 Å². The van der Waals surface area contributed by atoms with Gasteiger partial charge in [0.2, 0.25) is 0 Å². The molecule has 2 saturated heterocycles. The number of carbonyl (C=O) groups excluding carboxylic acids is 4. The lowest BCUT2D eigenvalue weighted by atomic mass is 9.51. The third kappa shape index (κ3) is 5.56. The van der Waals surface area contributed by atoms with E-state index in [-0.39, 0.29) is 5.57 Å². The van der Waals surface area contributed by atoms with Crippen LogP contribution in [0.15, 0.2) is 11.6 Å². The van der Waals surface area contributed by atoms with E-state index in [0.29, 0.717) is 0 Å². The van der Waals surface area contributed by atoms with Crippen molar-refractivity contribution < 1.29 is 100 Å². The Morgan fingerprint density at radius 3 is 1.73 bits per heavy atom. The largest absolute Gasteiger partial charge is 0.490 e. The average Bonchev–Trinajstić information content (AvgIpc) is 3.65. The molecule has 2 heterocycles. The summed E-state index contributed by atoms with van der Waals surface area (Å²) in [6, 6.07) is 0. The zero-order valence-electron chi connectivity index (χ0n) is 22.2. The summed E-state index contributed by atoms with van der Waals surface area (Å²) in [6.07, 6.45) is -34.7. The second-order valence-electron chi connectivity index (χ2n) is 10.8. The molecular formula is C23H18F12O10. The molecule has 1 spiro atoms. The lowest BCUT2D eigenvalue weighted by Crippen LogP contribution is -2.68. The maximum atomic E-state index is 13.3. The van der Waals surface area contributed by atoms with Crippen molar-refractivity contribution >= 4 is 23.9 Å². The van der Waals surface area contributed by atoms with E-state index in [1.54, 1.807) is 0 Å². The Hall–Kier alpha value is -3.30. The molecule has 2 aliphatic carbocycles. The van der Waals surface area contributed by atoms with Gasteiger partial charge in [0.15, 0.2) is 12.2 Å². The summed E-state index contributed by atoms with van der Waals surface area (Å²) in [4.78, 5) is 47.3. The van der Waals surface area contributed by atoms with Crippen LogP contribution in [0.25, 0.3) is 0 Å². The molecule has 8 atom stereocenters. The number of alkyl halides is 12. The number of esters is 4. The van der Waals surface area contributed by atoms with Crippen LogP contribution < -0.4 is 0 Å². The average molecular weight is 682 g/mol. The third-order valence-corrected chi connectivity index (χ3v) is 8.42. The lowest BCUT2D eigenvalue weighted by molar-refractivity contribution is -0.256. The van der Waals surface area contributed by atoms with E-state index in [0.717, 1.165) is 19.9 Å². The van der Waals surface area contributed by atoms with Gasteiger partial charge in [0.05, 0.1) is 23.5 Å².